The lowest BCUT2D eigenvalue weighted by molar-refractivity contribution is -0.0918. The Balaban J connectivity index is 1.34. The van der Waals surface area contributed by atoms with Gasteiger partial charge in [-0.2, -0.15) is 0 Å². The number of piperidine rings is 1. The van der Waals surface area contributed by atoms with E-state index in [4.69, 9.17) is 10.5 Å². The summed E-state index contributed by atoms with van der Waals surface area (Å²) >= 11 is 0. The number of ether oxygens (including phenoxy) is 1. The molecule has 1 aromatic carbocycles. The van der Waals surface area contributed by atoms with Crippen LogP contribution in [0.1, 0.15) is 44.1 Å². The molecule has 29 heavy (non-hydrogen) atoms. The first-order chi connectivity index (χ1) is 13.9. The maximum absolute atomic E-state index is 12.7. The number of urea groups is 1. The highest BCUT2D eigenvalue weighted by molar-refractivity contribution is 6.05. The summed E-state index contributed by atoms with van der Waals surface area (Å²) < 4.78 is 6.19. The zero-order chi connectivity index (χ0) is 20.6. The van der Waals surface area contributed by atoms with Gasteiger partial charge in [0.1, 0.15) is 16.9 Å². The largest absolute Gasteiger partial charge is 0.483 e. The minimum Gasteiger partial charge on any atom is -0.483 e. The van der Waals surface area contributed by atoms with Gasteiger partial charge in [-0.25, -0.2) is 4.79 Å². The van der Waals surface area contributed by atoms with Gasteiger partial charge in [0.25, 0.3) is 0 Å². The predicted octanol–water partition coefficient (Wildman–Crippen LogP) is 2.13. The third kappa shape index (κ3) is 3.83. The van der Waals surface area contributed by atoms with Crippen LogP contribution in [-0.2, 0) is 4.74 Å². The van der Waals surface area contributed by atoms with Crippen molar-refractivity contribution in [1.82, 2.24) is 10.2 Å². The summed E-state index contributed by atoms with van der Waals surface area (Å²) in [4.78, 5) is 18.7. The Bertz CT molecular complexity index is 826. The molecule has 4 rings (SSSR count). The van der Waals surface area contributed by atoms with Gasteiger partial charge in [-0.1, -0.05) is 30.3 Å². The SMILES string of the molecule is CN=C1C(=CN)OC2(CCN(C(=O)N[C@@H]3C[C@H]3c3ccccc3)CC2)C[C@]1(C)O. The average Bonchev–Trinajstić information content (AvgIpc) is 3.47. The first-order valence-electron chi connectivity index (χ1n) is 10.3. The molecule has 3 atom stereocenters. The average molecular weight is 399 g/mol. The Morgan fingerprint density at radius 3 is 2.66 bits per heavy atom. The topological polar surface area (TPSA) is 100 Å². The zero-order valence-electron chi connectivity index (χ0n) is 17.1. The quantitative estimate of drug-likeness (QED) is 0.710. The standard InChI is InChI=1S/C22H30N4O3/c1-21(28)14-22(29-18(13-23)19(21)24-2)8-10-26(11-9-22)20(27)25-17-12-16(17)15-6-4-3-5-7-15/h3-7,13,16-17,28H,8-12,14,23H2,1-2H3,(H,25,27)/t16-,17+,21-/m0/s1. The van der Waals surface area contributed by atoms with Crippen molar-refractivity contribution >= 4 is 11.7 Å². The normalized spacial score (nSPS) is 33.6. The molecule has 1 spiro atoms. The van der Waals surface area contributed by atoms with Gasteiger partial charge < -0.3 is 25.8 Å². The van der Waals surface area contributed by atoms with Crippen molar-refractivity contribution in [2.24, 2.45) is 10.7 Å². The molecule has 0 aromatic heterocycles. The Morgan fingerprint density at radius 1 is 1.34 bits per heavy atom. The molecule has 1 saturated carbocycles. The van der Waals surface area contributed by atoms with E-state index < -0.39 is 11.2 Å². The number of amides is 2. The molecule has 1 aliphatic carbocycles. The second-order valence-corrected chi connectivity index (χ2v) is 8.63. The lowest BCUT2D eigenvalue weighted by atomic mass is 9.76. The molecule has 7 heteroatoms. The van der Waals surface area contributed by atoms with Crippen LogP contribution in [0.2, 0.25) is 0 Å². The highest BCUT2D eigenvalue weighted by Gasteiger charge is 2.51. The summed E-state index contributed by atoms with van der Waals surface area (Å²) in [5, 5.41) is 14.1. The molecule has 3 fully saturated rings. The van der Waals surface area contributed by atoms with Crippen LogP contribution in [0.25, 0.3) is 0 Å². The number of nitrogens with zero attached hydrogens (tertiary/aromatic N) is 2. The number of aliphatic imine (C=N–C) groups is 1. The van der Waals surface area contributed by atoms with E-state index in [0.717, 1.165) is 6.42 Å². The van der Waals surface area contributed by atoms with Crippen LogP contribution in [0.3, 0.4) is 0 Å². The summed E-state index contributed by atoms with van der Waals surface area (Å²) in [5.74, 6) is 0.849. The minimum absolute atomic E-state index is 0.0174. The number of likely N-dealkylation sites (tertiary alicyclic amines) is 1. The van der Waals surface area contributed by atoms with E-state index in [1.54, 1.807) is 14.0 Å². The summed E-state index contributed by atoms with van der Waals surface area (Å²) in [6.45, 7) is 2.92. The van der Waals surface area contributed by atoms with E-state index in [0.29, 0.717) is 49.7 Å². The van der Waals surface area contributed by atoms with Gasteiger partial charge in [0.15, 0.2) is 5.76 Å². The van der Waals surface area contributed by atoms with Gasteiger partial charge in [0.05, 0.1) is 0 Å². The van der Waals surface area contributed by atoms with Crippen molar-refractivity contribution in [3.05, 3.63) is 47.9 Å². The number of nitrogens with two attached hydrogens (primary N) is 1. The third-order valence-corrected chi connectivity index (χ3v) is 6.40. The molecule has 7 nitrogen and oxygen atoms in total. The van der Waals surface area contributed by atoms with Crippen LogP contribution >= 0.6 is 0 Å². The lowest BCUT2D eigenvalue weighted by Crippen LogP contribution is -2.58. The molecule has 3 aliphatic rings. The smallest absolute Gasteiger partial charge is 0.317 e. The van der Waals surface area contributed by atoms with Crippen LogP contribution in [0.15, 0.2) is 47.3 Å². The molecule has 4 N–H and O–H groups in total. The van der Waals surface area contributed by atoms with Crippen molar-refractivity contribution in [2.45, 2.75) is 55.8 Å². The molecule has 2 heterocycles. The van der Waals surface area contributed by atoms with Crippen LogP contribution in [0.4, 0.5) is 4.79 Å². The van der Waals surface area contributed by atoms with Crippen molar-refractivity contribution in [1.29, 1.82) is 0 Å². The van der Waals surface area contributed by atoms with E-state index >= 15 is 0 Å². The fourth-order valence-corrected chi connectivity index (χ4v) is 4.83. The van der Waals surface area contributed by atoms with Gasteiger partial charge in [-0.05, 0) is 18.9 Å². The summed E-state index contributed by atoms with van der Waals surface area (Å²) in [5.41, 5.74) is 5.86. The highest BCUT2D eigenvalue weighted by atomic mass is 16.5. The second-order valence-electron chi connectivity index (χ2n) is 8.63. The van der Waals surface area contributed by atoms with Crippen LogP contribution in [0, 0.1) is 0 Å². The first kappa shape index (κ1) is 19.8. The number of hydrogen-bond acceptors (Lipinski definition) is 5. The van der Waals surface area contributed by atoms with Gasteiger partial charge in [0, 0.05) is 57.6 Å². The molecule has 1 aromatic rings. The van der Waals surface area contributed by atoms with Gasteiger partial charge >= 0.3 is 6.03 Å². The molecule has 2 aliphatic heterocycles. The monoisotopic (exact) mass is 398 g/mol. The Kier molecular flexibility index (Phi) is 5.02. The summed E-state index contributed by atoms with van der Waals surface area (Å²) in [7, 11) is 1.63. The molecular formula is C22H30N4O3. The van der Waals surface area contributed by atoms with Crippen LogP contribution in [0.5, 0.6) is 0 Å². The van der Waals surface area contributed by atoms with Crippen molar-refractivity contribution in [3.8, 4) is 0 Å². The van der Waals surface area contributed by atoms with Crippen LogP contribution in [-0.4, -0.2) is 59.1 Å². The van der Waals surface area contributed by atoms with Crippen molar-refractivity contribution < 1.29 is 14.6 Å². The molecule has 2 saturated heterocycles. The minimum atomic E-state index is -1.10. The van der Waals surface area contributed by atoms with E-state index in [9.17, 15) is 9.90 Å². The molecule has 0 radical (unpaired) electrons. The Morgan fingerprint density at radius 2 is 2.03 bits per heavy atom. The summed E-state index contributed by atoms with van der Waals surface area (Å²) in [6, 6.07) is 10.5. The fourth-order valence-electron chi connectivity index (χ4n) is 4.83. The van der Waals surface area contributed by atoms with E-state index in [1.807, 2.05) is 23.1 Å². The maximum Gasteiger partial charge on any atom is 0.317 e. The van der Waals surface area contributed by atoms with Gasteiger partial charge in [-0.3, -0.25) is 4.99 Å². The number of rotatable bonds is 2. The van der Waals surface area contributed by atoms with Gasteiger partial charge in [0.2, 0.25) is 0 Å². The number of benzene rings is 1. The summed E-state index contributed by atoms with van der Waals surface area (Å²) in [6.07, 6.45) is 4.10. The predicted molar refractivity (Wildman–Crippen MR) is 112 cm³/mol. The maximum atomic E-state index is 12.7. The first-order valence-corrected chi connectivity index (χ1v) is 10.3. The molecule has 0 unspecified atom stereocenters. The Labute approximate surface area is 171 Å². The number of nitrogens with one attached hydrogen (secondary N) is 1. The number of carbonyl (C=O) groups is 1. The van der Waals surface area contributed by atoms with E-state index in [2.05, 4.69) is 22.4 Å². The highest BCUT2D eigenvalue weighted by Crippen LogP contribution is 2.43. The van der Waals surface area contributed by atoms with E-state index in [1.165, 1.54) is 11.8 Å². The number of aliphatic hydroxyl groups is 1. The van der Waals surface area contributed by atoms with Crippen molar-refractivity contribution in [3.63, 3.8) is 0 Å². The van der Waals surface area contributed by atoms with E-state index in [-0.39, 0.29) is 12.1 Å². The molecular weight excluding hydrogens is 368 g/mol. The Hall–Kier alpha value is -2.54. The molecule has 0 bridgehead atoms. The fraction of sp³-hybridized carbons (Fsp3) is 0.545. The zero-order valence-corrected chi connectivity index (χ0v) is 17.1. The third-order valence-electron chi connectivity index (χ3n) is 6.40. The number of hydrogen-bond donors (Lipinski definition) is 3. The molecule has 2 amide bonds. The second kappa shape index (κ2) is 7.37. The van der Waals surface area contributed by atoms with Crippen LogP contribution < -0.4 is 11.1 Å². The van der Waals surface area contributed by atoms with Crippen molar-refractivity contribution in [2.75, 3.05) is 20.1 Å². The number of carbonyl (C=O) groups excluding carboxylic acids is 1. The lowest BCUT2D eigenvalue weighted by Gasteiger charge is -2.49. The van der Waals surface area contributed by atoms with Gasteiger partial charge in [-0.15, -0.1) is 0 Å². The molecule has 156 valence electrons.